The predicted molar refractivity (Wildman–Crippen MR) is 90.1 cm³/mol. The summed E-state index contributed by atoms with van der Waals surface area (Å²) in [4.78, 5) is 0. The second-order valence-electron chi connectivity index (χ2n) is 9.72. The minimum Gasteiger partial charge on any atom is -0.243 e. The molecule has 0 aliphatic carbocycles. The van der Waals surface area contributed by atoms with Gasteiger partial charge in [0.25, 0.3) is 0 Å². The van der Waals surface area contributed by atoms with Gasteiger partial charge in [0.1, 0.15) is 5.67 Å². The van der Waals surface area contributed by atoms with E-state index in [0.29, 0.717) is 6.42 Å². The predicted octanol–water partition coefficient (Wildman–Crippen LogP) is 7.35. The monoisotopic (exact) mass is 338 g/mol. The van der Waals surface area contributed by atoms with Crippen molar-refractivity contribution in [3.63, 3.8) is 0 Å². The van der Waals surface area contributed by atoms with Crippen molar-refractivity contribution < 1.29 is 17.6 Å². The molecule has 0 aliphatic heterocycles. The molecule has 0 aromatic rings. The number of allylic oxidation sites excluding steroid dienone is 1. The second-order valence-corrected chi connectivity index (χ2v) is 9.72. The Morgan fingerprint density at radius 2 is 1.13 bits per heavy atom. The van der Waals surface area contributed by atoms with E-state index in [4.69, 9.17) is 0 Å². The summed E-state index contributed by atoms with van der Waals surface area (Å²) in [5.41, 5.74) is -6.41. The average Bonchev–Trinajstić information content (AvgIpc) is 2.23. The zero-order valence-electron chi connectivity index (χ0n) is 16.2. The average molecular weight is 338 g/mol. The van der Waals surface area contributed by atoms with Crippen molar-refractivity contribution in [2.24, 2.45) is 21.7 Å². The third-order valence-electron chi connectivity index (χ3n) is 5.56. The number of halogens is 4. The Hall–Kier alpha value is -0.540. The molecule has 0 aromatic heterocycles. The molecule has 0 spiro atoms. The highest BCUT2D eigenvalue weighted by Gasteiger charge is 2.64. The SMILES string of the molecule is C=CC(C)(C)CC(C)(C)CC(C)(C)C(C)(F)C(C)(C)C(F)(F)F. The quantitative estimate of drug-likeness (QED) is 0.336. The Labute approximate surface area is 139 Å². The lowest BCUT2D eigenvalue weighted by atomic mass is 9.57. The molecule has 0 bridgehead atoms. The fourth-order valence-electron chi connectivity index (χ4n) is 3.84. The zero-order chi connectivity index (χ0) is 19.1. The molecule has 0 saturated carbocycles. The van der Waals surface area contributed by atoms with Gasteiger partial charge in [-0.1, -0.05) is 47.6 Å². The van der Waals surface area contributed by atoms with Crippen LogP contribution in [0.15, 0.2) is 12.7 Å². The maximum Gasteiger partial charge on any atom is 0.397 e. The van der Waals surface area contributed by atoms with Crippen molar-refractivity contribution in [3.05, 3.63) is 12.7 Å². The summed E-state index contributed by atoms with van der Waals surface area (Å²) in [6.45, 7) is 18.0. The maximum absolute atomic E-state index is 15.4. The molecule has 0 amide bonds. The van der Waals surface area contributed by atoms with E-state index in [1.54, 1.807) is 13.8 Å². The van der Waals surface area contributed by atoms with E-state index in [1.165, 1.54) is 0 Å². The maximum atomic E-state index is 15.4. The highest BCUT2D eigenvalue weighted by molar-refractivity contribution is 5.05. The van der Waals surface area contributed by atoms with E-state index in [-0.39, 0.29) is 10.8 Å². The lowest BCUT2D eigenvalue weighted by molar-refractivity contribution is -0.273. The molecule has 0 aromatic carbocycles. The zero-order valence-corrected chi connectivity index (χ0v) is 16.2. The summed E-state index contributed by atoms with van der Waals surface area (Å²) in [5.74, 6) is 0. The van der Waals surface area contributed by atoms with Gasteiger partial charge in [-0.3, -0.25) is 0 Å². The van der Waals surface area contributed by atoms with Crippen molar-refractivity contribution in [2.45, 2.75) is 87.0 Å². The molecule has 0 radical (unpaired) electrons. The van der Waals surface area contributed by atoms with Crippen LogP contribution in [0.4, 0.5) is 17.6 Å². The standard InChI is InChI=1S/C19H34F4/c1-11-14(2,3)12-15(4,5)13-16(6,7)18(10,20)17(8,9)19(21,22)23/h11H,1,12-13H2,2-10H3. The first-order valence-electron chi connectivity index (χ1n) is 8.12. The van der Waals surface area contributed by atoms with Gasteiger partial charge in [-0.2, -0.15) is 13.2 Å². The summed E-state index contributed by atoms with van der Waals surface area (Å²) in [5, 5.41) is 0. The normalized spacial score (nSPS) is 17.8. The van der Waals surface area contributed by atoms with E-state index in [2.05, 4.69) is 6.58 Å². The minimum atomic E-state index is -4.60. The van der Waals surface area contributed by atoms with Crippen LogP contribution >= 0.6 is 0 Å². The molecule has 0 rings (SSSR count). The third kappa shape index (κ3) is 4.73. The Morgan fingerprint density at radius 1 is 0.739 bits per heavy atom. The van der Waals surface area contributed by atoms with Crippen LogP contribution in [-0.4, -0.2) is 11.8 Å². The number of alkyl halides is 4. The molecule has 4 heteroatoms. The molecule has 0 N–H and O–H groups in total. The second kappa shape index (κ2) is 6.07. The van der Waals surface area contributed by atoms with Crippen molar-refractivity contribution in [1.29, 1.82) is 0 Å². The van der Waals surface area contributed by atoms with E-state index < -0.39 is 22.7 Å². The summed E-state index contributed by atoms with van der Waals surface area (Å²) in [6.07, 6.45) is -1.67. The van der Waals surface area contributed by atoms with Crippen LogP contribution in [0.2, 0.25) is 0 Å². The van der Waals surface area contributed by atoms with Crippen molar-refractivity contribution >= 4 is 0 Å². The lowest BCUT2D eigenvalue weighted by Crippen LogP contribution is -2.57. The van der Waals surface area contributed by atoms with Crippen molar-refractivity contribution in [1.82, 2.24) is 0 Å². The van der Waals surface area contributed by atoms with Gasteiger partial charge in [0.05, 0.1) is 5.41 Å². The Bertz CT molecular complexity index is 423. The van der Waals surface area contributed by atoms with Crippen LogP contribution in [-0.2, 0) is 0 Å². The minimum absolute atomic E-state index is 0.147. The Kier molecular flexibility index (Phi) is 5.93. The Balaban J connectivity index is 5.60. The number of hydrogen-bond donors (Lipinski definition) is 0. The van der Waals surface area contributed by atoms with Gasteiger partial charge in [-0.05, 0) is 49.9 Å². The van der Waals surface area contributed by atoms with Crippen LogP contribution in [0.25, 0.3) is 0 Å². The molecule has 138 valence electrons. The van der Waals surface area contributed by atoms with Gasteiger partial charge in [0, 0.05) is 0 Å². The first-order chi connectivity index (χ1) is 9.72. The summed E-state index contributed by atoms with van der Waals surface area (Å²) in [6, 6.07) is 0. The molecule has 1 unspecified atom stereocenters. The fourth-order valence-corrected chi connectivity index (χ4v) is 3.84. The molecule has 0 aliphatic rings. The van der Waals surface area contributed by atoms with Gasteiger partial charge in [0.15, 0.2) is 0 Å². The van der Waals surface area contributed by atoms with E-state index in [0.717, 1.165) is 27.2 Å². The van der Waals surface area contributed by atoms with E-state index in [1.807, 2.05) is 33.8 Å². The summed E-state index contributed by atoms with van der Waals surface area (Å²) >= 11 is 0. The molecule has 0 nitrogen and oxygen atoms in total. The van der Waals surface area contributed by atoms with Crippen LogP contribution in [0, 0.1) is 21.7 Å². The molecular formula is C19H34F4. The van der Waals surface area contributed by atoms with Gasteiger partial charge < -0.3 is 0 Å². The summed E-state index contributed by atoms with van der Waals surface area (Å²) in [7, 11) is 0. The molecule has 0 fully saturated rings. The first kappa shape index (κ1) is 22.5. The third-order valence-corrected chi connectivity index (χ3v) is 5.56. The van der Waals surface area contributed by atoms with Crippen LogP contribution < -0.4 is 0 Å². The molecule has 1 atom stereocenters. The first-order valence-corrected chi connectivity index (χ1v) is 8.12. The molecule has 0 saturated heterocycles. The van der Waals surface area contributed by atoms with E-state index >= 15 is 4.39 Å². The largest absolute Gasteiger partial charge is 0.397 e. The Morgan fingerprint density at radius 3 is 1.43 bits per heavy atom. The number of rotatable bonds is 7. The van der Waals surface area contributed by atoms with Crippen molar-refractivity contribution in [3.8, 4) is 0 Å². The van der Waals surface area contributed by atoms with Gasteiger partial charge >= 0.3 is 6.18 Å². The highest BCUT2D eigenvalue weighted by Crippen LogP contribution is 2.58. The van der Waals surface area contributed by atoms with E-state index in [9.17, 15) is 13.2 Å². The van der Waals surface area contributed by atoms with Crippen LogP contribution in [0.3, 0.4) is 0 Å². The molecule has 23 heavy (non-hydrogen) atoms. The topological polar surface area (TPSA) is 0 Å². The highest BCUT2D eigenvalue weighted by atomic mass is 19.4. The molecule has 0 heterocycles. The number of hydrogen-bond acceptors (Lipinski definition) is 0. The van der Waals surface area contributed by atoms with Crippen molar-refractivity contribution in [2.75, 3.05) is 0 Å². The lowest BCUT2D eigenvalue weighted by Gasteiger charge is -2.51. The smallest absolute Gasteiger partial charge is 0.243 e. The summed E-state index contributed by atoms with van der Waals surface area (Å²) < 4.78 is 55.5. The fraction of sp³-hybridized carbons (Fsp3) is 0.895. The van der Waals surface area contributed by atoms with Gasteiger partial charge in [0.2, 0.25) is 0 Å². The van der Waals surface area contributed by atoms with Gasteiger partial charge in [-0.25, -0.2) is 4.39 Å². The molecular weight excluding hydrogens is 304 g/mol. The van der Waals surface area contributed by atoms with Gasteiger partial charge in [-0.15, -0.1) is 6.58 Å². The van der Waals surface area contributed by atoms with Crippen LogP contribution in [0.1, 0.15) is 75.2 Å². The van der Waals surface area contributed by atoms with Crippen LogP contribution in [0.5, 0.6) is 0 Å².